The van der Waals surface area contributed by atoms with Crippen molar-refractivity contribution < 1.29 is 23.1 Å². The maximum atomic E-state index is 12.0. The lowest BCUT2D eigenvalue weighted by Crippen LogP contribution is -2.11. The standard InChI is InChI=1S/C10H18N3O6P/c1-4-17-20(16,18-5-2)19-7-6-12-9(3)11-8-10(12)13(14)15/h8H,4-7H2,1-3H3. The van der Waals surface area contributed by atoms with Gasteiger partial charge in [0, 0.05) is 6.92 Å². The first-order valence-corrected chi connectivity index (χ1v) is 7.59. The first-order valence-electron chi connectivity index (χ1n) is 6.13. The molecule has 0 saturated carbocycles. The topological polar surface area (TPSA) is 106 Å². The molecule has 0 amide bonds. The van der Waals surface area contributed by atoms with Crippen LogP contribution in [0.2, 0.25) is 0 Å². The number of imidazole rings is 1. The number of aromatic nitrogens is 2. The zero-order chi connectivity index (χ0) is 15.2. The van der Waals surface area contributed by atoms with Crippen LogP contribution in [0.1, 0.15) is 19.7 Å². The van der Waals surface area contributed by atoms with Gasteiger partial charge in [-0.1, -0.05) is 0 Å². The van der Waals surface area contributed by atoms with Crippen LogP contribution in [0.25, 0.3) is 0 Å². The Labute approximate surface area is 116 Å². The van der Waals surface area contributed by atoms with E-state index in [0.717, 1.165) is 0 Å². The van der Waals surface area contributed by atoms with Gasteiger partial charge < -0.3 is 10.1 Å². The Hall–Kier alpha value is -1.28. The van der Waals surface area contributed by atoms with Crippen LogP contribution >= 0.6 is 7.82 Å². The van der Waals surface area contributed by atoms with Gasteiger partial charge in [-0.15, -0.1) is 0 Å². The van der Waals surface area contributed by atoms with E-state index >= 15 is 0 Å². The molecular weight excluding hydrogens is 289 g/mol. The van der Waals surface area contributed by atoms with E-state index in [-0.39, 0.29) is 32.2 Å². The molecule has 0 saturated heterocycles. The smallest absolute Gasteiger partial charge is 0.358 e. The molecule has 0 radical (unpaired) electrons. The maximum absolute atomic E-state index is 12.0. The van der Waals surface area contributed by atoms with Crippen molar-refractivity contribution in [2.24, 2.45) is 0 Å². The molecule has 0 N–H and O–H groups in total. The molecule has 20 heavy (non-hydrogen) atoms. The second-order valence-electron chi connectivity index (χ2n) is 3.69. The number of phosphoric ester groups is 1. The van der Waals surface area contributed by atoms with Gasteiger partial charge in [0.15, 0.2) is 5.82 Å². The van der Waals surface area contributed by atoms with Gasteiger partial charge in [-0.2, -0.15) is 0 Å². The summed E-state index contributed by atoms with van der Waals surface area (Å²) in [5.41, 5.74) is 0. The summed E-state index contributed by atoms with van der Waals surface area (Å²) in [7, 11) is -3.60. The van der Waals surface area contributed by atoms with Crippen LogP contribution in [-0.4, -0.2) is 34.3 Å². The number of hydrogen-bond donors (Lipinski definition) is 0. The molecule has 0 aliphatic carbocycles. The Morgan fingerprint density at radius 1 is 1.35 bits per heavy atom. The third-order valence-electron chi connectivity index (χ3n) is 2.36. The molecule has 1 heterocycles. The molecule has 0 aliphatic heterocycles. The summed E-state index contributed by atoms with van der Waals surface area (Å²) in [6.45, 7) is 5.42. The van der Waals surface area contributed by atoms with Crippen LogP contribution in [0.5, 0.6) is 0 Å². The maximum Gasteiger partial charge on any atom is 0.474 e. The van der Waals surface area contributed by atoms with Crippen LogP contribution < -0.4 is 0 Å². The predicted molar refractivity (Wildman–Crippen MR) is 70.4 cm³/mol. The Morgan fingerprint density at radius 2 is 1.95 bits per heavy atom. The molecule has 1 aromatic heterocycles. The summed E-state index contributed by atoms with van der Waals surface area (Å²) in [4.78, 5) is 14.1. The SMILES string of the molecule is CCOP(=O)(OCC)OCCn1c([N+](=O)[O-])cnc1C. The molecule has 1 aromatic rings. The highest BCUT2D eigenvalue weighted by atomic mass is 31.2. The highest BCUT2D eigenvalue weighted by Crippen LogP contribution is 2.49. The van der Waals surface area contributed by atoms with E-state index in [1.807, 2.05) is 0 Å². The molecule has 10 heteroatoms. The van der Waals surface area contributed by atoms with Gasteiger partial charge in [0.2, 0.25) is 0 Å². The van der Waals surface area contributed by atoms with Crippen molar-refractivity contribution in [3.8, 4) is 0 Å². The number of rotatable bonds is 9. The van der Waals surface area contributed by atoms with Crippen molar-refractivity contribution in [3.05, 3.63) is 22.1 Å². The Kier molecular flexibility index (Phi) is 6.28. The molecule has 0 fully saturated rings. The minimum Gasteiger partial charge on any atom is -0.358 e. The number of phosphoric acid groups is 1. The van der Waals surface area contributed by atoms with Gasteiger partial charge in [-0.3, -0.25) is 13.6 Å². The largest absolute Gasteiger partial charge is 0.474 e. The molecule has 0 spiro atoms. The summed E-state index contributed by atoms with van der Waals surface area (Å²) in [6, 6.07) is 0. The monoisotopic (exact) mass is 307 g/mol. The minimum atomic E-state index is -3.60. The van der Waals surface area contributed by atoms with E-state index < -0.39 is 12.7 Å². The molecule has 114 valence electrons. The van der Waals surface area contributed by atoms with Crippen molar-refractivity contribution in [2.45, 2.75) is 27.3 Å². The Balaban J connectivity index is 2.66. The highest BCUT2D eigenvalue weighted by molar-refractivity contribution is 7.48. The number of nitro groups is 1. The van der Waals surface area contributed by atoms with Crippen molar-refractivity contribution in [3.63, 3.8) is 0 Å². The number of nitrogens with zero attached hydrogens (tertiary/aromatic N) is 3. The summed E-state index contributed by atoms with van der Waals surface area (Å²) in [5.74, 6) is 0.330. The first-order chi connectivity index (χ1) is 9.43. The lowest BCUT2D eigenvalue weighted by atomic mass is 10.6. The Morgan fingerprint density at radius 3 is 2.45 bits per heavy atom. The van der Waals surface area contributed by atoms with Crippen LogP contribution in [-0.2, 0) is 24.7 Å². The molecule has 0 unspecified atom stereocenters. The van der Waals surface area contributed by atoms with Crippen molar-refractivity contribution in [2.75, 3.05) is 19.8 Å². The van der Waals surface area contributed by atoms with Crippen molar-refractivity contribution in [1.29, 1.82) is 0 Å². The number of aryl methyl sites for hydroxylation is 1. The second-order valence-corrected chi connectivity index (χ2v) is 5.36. The highest BCUT2D eigenvalue weighted by Gasteiger charge is 2.26. The molecule has 0 aliphatic rings. The minimum absolute atomic E-state index is 0.0463. The Bertz CT molecular complexity index is 493. The van der Waals surface area contributed by atoms with Gasteiger partial charge in [-0.05, 0) is 18.8 Å². The van der Waals surface area contributed by atoms with Crippen LogP contribution in [0.3, 0.4) is 0 Å². The van der Waals surface area contributed by atoms with Crippen molar-refractivity contribution >= 4 is 13.6 Å². The fourth-order valence-electron chi connectivity index (χ4n) is 1.55. The normalized spacial score (nSPS) is 11.8. The second kappa shape index (κ2) is 7.49. The molecule has 1 rings (SSSR count). The van der Waals surface area contributed by atoms with Crippen LogP contribution in [0, 0.1) is 17.0 Å². The predicted octanol–water partition coefficient (Wildman–Crippen LogP) is 2.30. The summed E-state index contributed by atoms with van der Waals surface area (Å²) in [5, 5.41) is 10.8. The van der Waals surface area contributed by atoms with Gasteiger partial charge in [0.1, 0.15) is 12.7 Å². The van der Waals surface area contributed by atoms with Crippen LogP contribution in [0.15, 0.2) is 6.20 Å². The van der Waals surface area contributed by atoms with Crippen molar-refractivity contribution in [1.82, 2.24) is 9.55 Å². The number of hydrogen-bond acceptors (Lipinski definition) is 7. The average molecular weight is 307 g/mol. The van der Waals surface area contributed by atoms with Gasteiger partial charge in [-0.25, -0.2) is 14.1 Å². The van der Waals surface area contributed by atoms with E-state index in [1.54, 1.807) is 20.8 Å². The summed E-state index contributed by atoms with van der Waals surface area (Å²) in [6.07, 6.45) is 1.17. The third-order valence-corrected chi connectivity index (χ3v) is 4.01. The van der Waals surface area contributed by atoms with E-state index in [0.29, 0.717) is 5.82 Å². The van der Waals surface area contributed by atoms with E-state index in [1.165, 1.54) is 10.8 Å². The van der Waals surface area contributed by atoms with Gasteiger partial charge in [0.05, 0.1) is 19.8 Å². The molecular formula is C10H18N3O6P. The van der Waals surface area contributed by atoms with Gasteiger partial charge in [0.25, 0.3) is 0 Å². The molecule has 0 bridgehead atoms. The first kappa shape index (κ1) is 16.8. The van der Waals surface area contributed by atoms with Gasteiger partial charge >= 0.3 is 13.6 Å². The summed E-state index contributed by atoms with van der Waals surface area (Å²) >= 11 is 0. The lowest BCUT2D eigenvalue weighted by molar-refractivity contribution is -0.392. The average Bonchev–Trinajstić information content (AvgIpc) is 2.72. The quantitative estimate of drug-likeness (QED) is 0.391. The molecule has 0 atom stereocenters. The zero-order valence-electron chi connectivity index (χ0n) is 11.6. The van der Waals surface area contributed by atoms with E-state index in [9.17, 15) is 14.7 Å². The van der Waals surface area contributed by atoms with E-state index in [2.05, 4.69) is 4.98 Å². The summed E-state index contributed by atoms with van der Waals surface area (Å²) < 4.78 is 28.4. The third kappa shape index (κ3) is 4.38. The lowest BCUT2D eigenvalue weighted by Gasteiger charge is -2.15. The zero-order valence-corrected chi connectivity index (χ0v) is 12.5. The van der Waals surface area contributed by atoms with Crippen LogP contribution in [0.4, 0.5) is 5.82 Å². The molecule has 0 aromatic carbocycles. The fraction of sp³-hybridized carbons (Fsp3) is 0.700. The molecule has 9 nitrogen and oxygen atoms in total. The van der Waals surface area contributed by atoms with E-state index in [4.69, 9.17) is 13.6 Å². The fourth-order valence-corrected chi connectivity index (χ4v) is 2.71.